The lowest BCUT2D eigenvalue weighted by Crippen LogP contribution is -2.13. The zero-order valence-electron chi connectivity index (χ0n) is 11.3. The standard InChI is InChI=1S/C14H13BrClN3OS/c1-2-17-8-11-13(18-14-19(11)5-6-21-14)20-12-4-3-9(16)7-10(12)15/h3-7,17H,2,8H2,1H3. The van der Waals surface area contributed by atoms with E-state index in [9.17, 15) is 0 Å². The highest BCUT2D eigenvalue weighted by Crippen LogP contribution is 2.34. The summed E-state index contributed by atoms with van der Waals surface area (Å²) in [4.78, 5) is 5.47. The smallest absolute Gasteiger partial charge is 0.243 e. The highest BCUT2D eigenvalue weighted by atomic mass is 79.9. The highest BCUT2D eigenvalue weighted by molar-refractivity contribution is 9.10. The van der Waals surface area contributed by atoms with Gasteiger partial charge in [-0.25, -0.2) is 0 Å². The molecule has 0 aliphatic heterocycles. The molecule has 0 saturated heterocycles. The number of imidazole rings is 1. The summed E-state index contributed by atoms with van der Waals surface area (Å²) < 4.78 is 8.82. The number of aromatic nitrogens is 2. The van der Waals surface area contributed by atoms with Gasteiger partial charge >= 0.3 is 0 Å². The van der Waals surface area contributed by atoms with Crippen LogP contribution in [0.2, 0.25) is 5.02 Å². The van der Waals surface area contributed by atoms with Crippen LogP contribution in [0.15, 0.2) is 34.2 Å². The number of rotatable bonds is 5. The first-order valence-electron chi connectivity index (χ1n) is 6.47. The maximum absolute atomic E-state index is 5.96. The summed E-state index contributed by atoms with van der Waals surface area (Å²) in [6.45, 7) is 3.67. The molecule has 4 nitrogen and oxygen atoms in total. The summed E-state index contributed by atoms with van der Waals surface area (Å²) in [7, 11) is 0. The van der Waals surface area contributed by atoms with Crippen molar-refractivity contribution >= 4 is 43.8 Å². The van der Waals surface area contributed by atoms with E-state index in [1.807, 2.05) is 22.0 Å². The van der Waals surface area contributed by atoms with Gasteiger partial charge in [-0.15, -0.1) is 11.3 Å². The summed E-state index contributed by atoms with van der Waals surface area (Å²) >= 11 is 11.0. The third-order valence-corrected chi connectivity index (χ3v) is 4.58. The molecule has 7 heteroatoms. The largest absolute Gasteiger partial charge is 0.436 e. The van der Waals surface area contributed by atoms with Crippen LogP contribution in [0, 0.1) is 0 Å². The van der Waals surface area contributed by atoms with Gasteiger partial charge in [0.05, 0.1) is 4.47 Å². The Bertz CT molecular complexity index is 771. The Labute approximate surface area is 139 Å². The van der Waals surface area contributed by atoms with Crippen molar-refractivity contribution in [1.29, 1.82) is 0 Å². The Morgan fingerprint density at radius 2 is 2.33 bits per heavy atom. The van der Waals surface area contributed by atoms with Crippen LogP contribution in [-0.4, -0.2) is 15.9 Å². The van der Waals surface area contributed by atoms with Gasteiger partial charge in [-0.05, 0) is 40.7 Å². The van der Waals surface area contributed by atoms with Crippen LogP contribution < -0.4 is 10.1 Å². The number of hydrogen-bond donors (Lipinski definition) is 1. The van der Waals surface area contributed by atoms with Crippen LogP contribution in [0.1, 0.15) is 12.6 Å². The van der Waals surface area contributed by atoms with Gasteiger partial charge in [0.2, 0.25) is 5.88 Å². The minimum Gasteiger partial charge on any atom is -0.436 e. The molecule has 110 valence electrons. The maximum atomic E-state index is 5.96. The van der Waals surface area contributed by atoms with E-state index in [1.54, 1.807) is 23.5 Å². The van der Waals surface area contributed by atoms with Crippen molar-refractivity contribution in [2.24, 2.45) is 0 Å². The van der Waals surface area contributed by atoms with E-state index in [0.717, 1.165) is 21.7 Å². The van der Waals surface area contributed by atoms with Crippen molar-refractivity contribution in [3.05, 3.63) is 45.0 Å². The predicted octanol–water partition coefficient (Wildman–Crippen LogP) is 4.71. The lowest BCUT2D eigenvalue weighted by molar-refractivity contribution is 0.453. The molecule has 0 fully saturated rings. The number of thiazole rings is 1. The molecule has 1 aromatic carbocycles. The summed E-state index contributed by atoms with van der Waals surface area (Å²) in [6.07, 6.45) is 2.00. The van der Waals surface area contributed by atoms with Crippen LogP contribution in [0.3, 0.4) is 0 Å². The van der Waals surface area contributed by atoms with Gasteiger partial charge in [0.25, 0.3) is 0 Å². The Kier molecular flexibility index (Phi) is 4.49. The normalized spacial score (nSPS) is 11.2. The fourth-order valence-electron chi connectivity index (χ4n) is 1.96. The molecule has 0 unspecified atom stereocenters. The first-order chi connectivity index (χ1) is 10.2. The van der Waals surface area contributed by atoms with Crippen LogP contribution in [-0.2, 0) is 6.54 Å². The minimum atomic E-state index is 0.617. The molecule has 0 aliphatic carbocycles. The van der Waals surface area contributed by atoms with E-state index in [-0.39, 0.29) is 0 Å². The Hall–Kier alpha value is -1.08. The topological polar surface area (TPSA) is 38.6 Å². The summed E-state index contributed by atoms with van der Waals surface area (Å²) in [5.41, 5.74) is 1.01. The van der Waals surface area contributed by atoms with Crippen LogP contribution in [0.4, 0.5) is 0 Å². The molecule has 0 aliphatic rings. The molecule has 0 atom stereocenters. The molecule has 3 rings (SSSR count). The number of fused-ring (bicyclic) bond motifs is 1. The molecule has 3 aromatic rings. The average molecular weight is 387 g/mol. The fraction of sp³-hybridized carbons (Fsp3) is 0.214. The Morgan fingerprint density at radius 3 is 3.10 bits per heavy atom. The first-order valence-corrected chi connectivity index (χ1v) is 8.52. The lowest BCUT2D eigenvalue weighted by Gasteiger charge is -2.08. The predicted molar refractivity (Wildman–Crippen MR) is 89.7 cm³/mol. The Balaban J connectivity index is 1.97. The molecule has 1 N–H and O–H groups in total. The van der Waals surface area contributed by atoms with E-state index in [4.69, 9.17) is 16.3 Å². The van der Waals surface area contributed by atoms with Crippen molar-refractivity contribution < 1.29 is 4.74 Å². The van der Waals surface area contributed by atoms with Crippen LogP contribution in [0.5, 0.6) is 11.6 Å². The number of hydrogen-bond acceptors (Lipinski definition) is 4. The second-order valence-corrected chi connectivity index (χ2v) is 6.54. The van der Waals surface area contributed by atoms with E-state index in [0.29, 0.717) is 23.2 Å². The minimum absolute atomic E-state index is 0.617. The lowest BCUT2D eigenvalue weighted by atomic mass is 10.3. The van der Waals surface area contributed by atoms with Gasteiger partial charge in [-0.1, -0.05) is 18.5 Å². The van der Waals surface area contributed by atoms with E-state index < -0.39 is 0 Å². The molecule has 2 aromatic heterocycles. The number of benzene rings is 1. The third kappa shape index (κ3) is 3.08. The summed E-state index contributed by atoms with van der Waals surface area (Å²) in [6, 6.07) is 5.43. The van der Waals surface area contributed by atoms with E-state index in [2.05, 4.69) is 33.2 Å². The van der Waals surface area contributed by atoms with Crippen molar-refractivity contribution in [3.63, 3.8) is 0 Å². The van der Waals surface area contributed by atoms with E-state index in [1.165, 1.54) is 0 Å². The fourth-order valence-corrected chi connectivity index (χ4v) is 3.45. The second-order valence-electron chi connectivity index (χ2n) is 4.38. The third-order valence-electron chi connectivity index (χ3n) is 2.97. The second kappa shape index (κ2) is 6.36. The van der Waals surface area contributed by atoms with Crippen molar-refractivity contribution in [2.45, 2.75) is 13.5 Å². The maximum Gasteiger partial charge on any atom is 0.243 e. The average Bonchev–Trinajstić information content (AvgIpc) is 3.01. The SMILES string of the molecule is CCNCc1c(Oc2ccc(Cl)cc2Br)nc2sccn12. The van der Waals surface area contributed by atoms with Crippen molar-refractivity contribution in [3.8, 4) is 11.6 Å². The van der Waals surface area contributed by atoms with Crippen LogP contribution in [0.25, 0.3) is 4.96 Å². The van der Waals surface area contributed by atoms with Crippen molar-refractivity contribution in [1.82, 2.24) is 14.7 Å². The molecule has 0 bridgehead atoms. The molecule has 2 heterocycles. The highest BCUT2D eigenvalue weighted by Gasteiger charge is 2.16. The van der Waals surface area contributed by atoms with Gasteiger partial charge in [0.15, 0.2) is 4.96 Å². The zero-order chi connectivity index (χ0) is 14.8. The molecule has 0 saturated carbocycles. The van der Waals surface area contributed by atoms with Gasteiger partial charge in [0, 0.05) is 23.1 Å². The molecule has 21 heavy (non-hydrogen) atoms. The van der Waals surface area contributed by atoms with Gasteiger partial charge in [0.1, 0.15) is 11.4 Å². The Morgan fingerprint density at radius 1 is 1.48 bits per heavy atom. The zero-order valence-corrected chi connectivity index (χ0v) is 14.4. The van der Waals surface area contributed by atoms with Gasteiger partial charge in [-0.3, -0.25) is 4.40 Å². The van der Waals surface area contributed by atoms with Gasteiger partial charge in [-0.2, -0.15) is 4.98 Å². The first kappa shape index (κ1) is 14.8. The molecule has 0 spiro atoms. The van der Waals surface area contributed by atoms with Crippen LogP contribution >= 0.6 is 38.9 Å². The number of nitrogens with zero attached hydrogens (tertiary/aromatic N) is 2. The van der Waals surface area contributed by atoms with E-state index >= 15 is 0 Å². The van der Waals surface area contributed by atoms with Crippen molar-refractivity contribution in [2.75, 3.05) is 6.54 Å². The summed E-state index contributed by atoms with van der Waals surface area (Å²) in [5.74, 6) is 1.31. The molecule has 0 radical (unpaired) electrons. The van der Waals surface area contributed by atoms with Gasteiger partial charge < -0.3 is 10.1 Å². The monoisotopic (exact) mass is 385 g/mol. The number of halogens is 2. The molecular formula is C14H13BrClN3OS. The molecule has 0 amide bonds. The molecular weight excluding hydrogens is 374 g/mol. The summed E-state index contributed by atoms with van der Waals surface area (Å²) in [5, 5.41) is 5.99. The number of nitrogens with one attached hydrogen (secondary N) is 1. The number of ether oxygens (including phenoxy) is 1. The quantitative estimate of drug-likeness (QED) is 0.690.